The molecule has 1 heterocycles. The lowest BCUT2D eigenvalue weighted by Gasteiger charge is -2.25. The SMILES string of the molecule is C#CCN(CCC)C(=O)C(C)=C1CNC1. The third kappa shape index (κ3) is 2.84. The molecule has 0 aromatic rings. The average Bonchev–Trinajstić information content (AvgIpc) is 2.13. The number of carbonyl (C=O) groups excluding carboxylic acids is 1. The van der Waals surface area contributed by atoms with Crippen LogP contribution in [-0.4, -0.2) is 37.0 Å². The summed E-state index contributed by atoms with van der Waals surface area (Å²) >= 11 is 0. The van der Waals surface area contributed by atoms with E-state index in [0.717, 1.165) is 31.6 Å². The van der Waals surface area contributed by atoms with Crippen molar-refractivity contribution in [2.75, 3.05) is 26.2 Å². The van der Waals surface area contributed by atoms with Crippen LogP contribution in [0.2, 0.25) is 0 Å². The van der Waals surface area contributed by atoms with Gasteiger partial charge >= 0.3 is 0 Å². The van der Waals surface area contributed by atoms with Crippen LogP contribution in [-0.2, 0) is 4.79 Å². The minimum atomic E-state index is 0.0892. The van der Waals surface area contributed by atoms with E-state index in [4.69, 9.17) is 6.42 Å². The first-order valence-electron chi connectivity index (χ1n) is 5.32. The van der Waals surface area contributed by atoms with E-state index in [0.29, 0.717) is 6.54 Å². The van der Waals surface area contributed by atoms with E-state index in [1.807, 2.05) is 13.8 Å². The molecule has 0 unspecified atom stereocenters. The molecule has 1 amide bonds. The molecule has 0 spiro atoms. The molecule has 1 fully saturated rings. The number of nitrogens with zero attached hydrogens (tertiary/aromatic N) is 1. The van der Waals surface area contributed by atoms with E-state index in [9.17, 15) is 4.79 Å². The van der Waals surface area contributed by atoms with Crippen LogP contribution < -0.4 is 5.32 Å². The van der Waals surface area contributed by atoms with E-state index >= 15 is 0 Å². The second kappa shape index (κ2) is 5.57. The van der Waals surface area contributed by atoms with Crippen molar-refractivity contribution < 1.29 is 4.79 Å². The number of amides is 1. The van der Waals surface area contributed by atoms with Crippen LogP contribution in [0.1, 0.15) is 20.3 Å². The van der Waals surface area contributed by atoms with Crippen molar-refractivity contribution in [3.8, 4) is 12.3 Å². The second-order valence-electron chi connectivity index (χ2n) is 3.76. The fourth-order valence-corrected chi connectivity index (χ4v) is 1.54. The van der Waals surface area contributed by atoms with Crippen molar-refractivity contribution in [3.63, 3.8) is 0 Å². The fraction of sp³-hybridized carbons (Fsp3) is 0.583. The smallest absolute Gasteiger partial charge is 0.250 e. The summed E-state index contributed by atoms with van der Waals surface area (Å²) in [6, 6.07) is 0. The highest BCUT2D eigenvalue weighted by atomic mass is 16.2. The summed E-state index contributed by atoms with van der Waals surface area (Å²) < 4.78 is 0. The topological polar surface area (TPSA) is 32.3 Å². The molecule has 1 rings (SSSR count). The zero-order valence-electron chi connectivity index (χ0n) is 9.47. The Kier molecular flexibility index (Phi) is 4.38. The lowest BCUT2D eigenvalue weighted by Crippen LogP contribution is -2.39. The van der Waals surface area contributed by atoms with Gasteiger partial charge in [0.15, 0.2) is 0 Å². The van der Waals surface area contributed by atoms with Gasteiger partial charge in [-0.25, -0.2) is 0 Å². The standard InChI is InChI=1S/C12H18N2O/c1-4-6-14(7-5-2)12(15)10(3)11-8-13-9-11/h1,13H,5-9H2,2-3H3. The summed E-state index contributed by atoms with van der Waals surface area (Å²) in [4.78, 5) is 13.7. The van der Waals surface area contributed by atoms with Crippen LogP contribution in [0, 0.1) is 12.3 Å². The summed E-state index contributed by atoms with van der Waals surface area (Å²) in [5, 5.41) is 3.13. The molecule has 1 aliphatic rings. The Hall–Kier alpha value is -1.27. The molecule has 82 valence electrons. The minimum absolute atomic E-state index is 0.0892. The minimum Gasteiger partial charge on any atom is -0.328 e. The van der Waals surface area contributed by atoms with Gasteiger partial charge in [0.05, 0.1) is 6.54 Å². The van der Waals surface area contributed by atoms with Gasteiger partial charge in [0, 0.05) is 25.2 Å². The van der Waals surface area contributed by atoms with Crippen molar-refractivity contribution in [1.82, 2.24) is 10.2 Å². The van der Waals surface area contributed by atoms with Gasteiger partial charge in [0.2, 0.25) is 5.91 Å². The van der Waals surface area contributed by atoms with Crippen molar-refractivity contribution in [2.24, 2.45) is 0 Å². The van der Waals surface area contributed by atoms with Crippen LogP contribution in [0.25, 0.3) is 0 Å². The van der Waals surface area contributed by atoms with Crippen molar-refractivity contribution >= 4 is 5.91 Å². The second-order valence-corrected chi connectivity index (χ2v) is 3.76. The lowest BCUT2D eigenvalue weighted by atomic mass is 10.0. The molecule has 15 heavy (non-hydrogen) atoms. The zero-order valence-corrected chi connectivity index (χ0v) is 9.47. The summed E-state index contributed by atoms with van der Waals surface area (Å²) in [6.07, 6.45) is 6.19. The molecule has 0 aromatic heterocycles. The van der Waals surface area contributed by atoms with Crippen LogP contribution in [0.5, 0.6) is 0 Å². The predicted molar refractivity (Wildman–Crippen MR) is 61.3 cm³/mol. The number of nitrogens with one attached hydrogen (secondary N) is 1. The molecule has 1 saturated heterocycles. The molecular weight excluding hydrogens is 188 g/mol. The molecule has 1 aliphatic heterocycles. The Labute approximate surface area is 91.5 Å². The summed E-state index contributed by atoms with van der Waals surface area (Å²) in [6.45, 7) is 6.76. The third-order valence-electron chi connectivity index (χ3n) is 2.59. The van der Waals surface area contributed by atoms with Gasteiger partial charge in [0.1, 0.15) is 0 Å². The van der Waals surface area contributed by atoms with E-state index < -0.39 is 0 Å². The van der Waals surface area contributed by atoms with E-state index in [1.54, 1.807) is 4.90 Å². The third-order valence-corrected chi connectivity index (χ3v) is 2.59. The number of hydrogen-bond donors (Lipinski definition) is 1. The number of rotatable bonds is 4. The molecule has 0 bridgehead atoms. The molecule has 1 N–H and O–H groups in total. The van der Waals surface area contributed by atoms with Gasteiger partial charge in [0.25, 0.3) is 0 Å². The van der Waals surface area contributed by atoms with Crippen LogP contribution in [0.3, 0.4) is 0 Å². The first-order chi connectivity index (χ1) is 7.20. The maximum atomic E-state index is 12.0. The quantitative estimate of drug-likeness (QED) is 0.544. The van der Waals surface area contributed by atoms with Crippen LogP contribution in [0.15, 0.2) is 11.1 Å². The monoisotopic (exact) mass is 206 g/mol. The molecule has 0 atom stereocenters. The van der Waals surface area contributed by atoms with E-state index in [2.05, 4.69) is 11.2 Å². The van der Waals surface area contributed by atoms with Crippen LogP contribution >= 0.6 is 0 Å². The Morgan fingerprint density at radius 2 is 2.27 bits per heavy atom. The van der Waals surface area contributed by atoms with Crippen molar-refractivity contribution in [2.45, 2.75) is 20.3 Å². The first kappa shape index (κ1) is 11.8. The fourth-order valence-electron chi connectivity index (χ4n) is 1.54. The van der Waals surface area contributed by atoms with Gasteiger partial charge in [-0.05, 0) is 18.9 Å². The maximum absolute atomic E-state index is 12.0. The molecule has 0 aliphatic carbocycles. The van der Waals surface area contributed by atoms with Crippen molar-refractivity contribution in [1.29, 1.82) is 0 Å². The molecule has 0 saturated carbocycles. The van der Waals surface area contributed by atoms with Gasteiger partial charge in [-0.1, -0.05) is 12.8 Å². The van der Waals surface area contributed by atoms with Gasteiger partial charge in [-0.3, -0.25) is 4.79 Å². The highest BCUT2D eigenvalue weighted by Crippen LogP contribution is 2.12. The van der Waals surface area contributed by atoms with Gasteiger partial charge in [-0.15, -0.1) is 6.42 Å². The Morgan fingerprint density at radius 3 is 2.67 bits per heavy atom. The zero-order chi connectivity index (χ0) is 11.3. The largest absolute Gasteiger partial charge is 0.328 e. The summed E-state index contributed by atoms with van der Waals surface area (Å²) in [7, 11) is 0. The van der Waals surface area contributed by atoms with Crippen molar-refractivity contribution in [3.05, 3.63) is 11.1 Å². The summed E-state index contributed by atoms with van der Waals surface area (Å²) in [5.74, 6) is 2.62. The molecule has 0 radical (unpaired) electrons. The number of carbonyl (C=O) groups is 1. The predicted octanol–water partition coefficient (Wildman–Crippen LogP) is 0.778. The Bertz CT molecular complexity index is 306. The highest BCUT2D eigenvalue weighted by molar-refractivity contribution is 5.94. The average molecular weight is 206 g/mol. The van der Waals surface area contributed by atoms with Crippen LogP contribution in [0.4, 0.5) is 0 Å². The molecular formula is C12H18N2O. The Morgan fingerprint density at radius 1 is 1.60 bits per heavy atom. The highest BCUT2D eigenvalue weighted by Gasteiger charge is 2.19. The number of terminal acetylenes is 1. The lowest BCUT2D eigenvalue weighted by molar-refractivity contribution is -0.126. The van der Waals surface area contributed by atoms with E-state index in [1.165, 1.54) is 5.57 Å². The maximum Gasteiger partial charge on any atom is 0.250 e. The first-order valence-corrected chi connectivity index (χ1v) is 5.32. The van der Waals surface area contributed by atoms with E-state index in [-0.39, 0.29) is 5.91 Å². The molecule has 3 heteroatoms. The van der Waals surface area contributed by atoms with Gasteiger partial charge in [-0.2, -0.15) is 0 Å². The molecule has 3 nitrogen and oxygen atoms in total. The Balaban J connectivity index is 2.67. The summed E-state index contributed by atoms with van der Waals surface area (Å²) in [5.41, 5.74) is 2.07. The normalized spacial score (nSPS) is 14.1. The molecule has 0 aromatic carbocycles. The van der Waals surface area contributed by atoms with Gasteiger partial charge < -0.3 is 10.2 Å². The number of hydrogen-bond acceptors (Lipinski definition) is 2.